The summed E-state index contributed by atoms with van der Waals surface area (Å²) in [6.07, 6.45) is -2.33. The van der Waals surface area contributed by atoms with Crippen LogP contribution in [0.15, 0.2) is 28.7 Å². The predicted molar refractivity (Wildman–Crippen MR) is 75.5 cm³/mol. The number of hydrogen-bond donors (Lipinski definition) is 0. The van der Waals surface area contributed by atoms with E-state index in [1.807, 2.05) is 6.07 Å². The van der Waals surface area contributed by atoms with E-state index < -0.39 is 24.0 Å². The van der Waals surface area contributed by atoms with E-state index in [-0.39, 0.29) is 151 Å². The first-order valence-corrected chi connectivity index (χ1v) is 7.09. The second-order valence-electron chi connectivity index (χ2n) is 3.74. The van der Waals surface area contributed by atoms with E-state index in [0.29, 0.717) is 5.56 Å². The molecule has 0 radical (unpaired) electrons. The Morgan fingerprint density at radius 1 is 1.04 bits per heavy atom. The third-order valence-corrected chi connectivity index (χ3v) is 2.72. The zero-order valence-electron chi connectivity index (χ0n) is 14.0. The van der Waals surface area contributed by atoms with Gasteiger partial charge < -0.3 is 24.5 Å². The van der Waals surface area contributed by atoms with Crippen molar-refractivity contribution in [3.05, 3.63) is 34.3 Å². The third-order valence-electron chi connectivity index (χ3n) is 2.23. The van der Waals surface area contributed by atoms with Gasteiger partial charge in [0.1, 0.15) is 0 Å². The maximum Gasteiger partial charge on any atom is 1.00 e. The van der Waals surface area contributed by atoms with E-state index in [1.54, 1.807) is 32.0 Å². The van der Waals surface area contributed by atoms with Crippen molar-refractivity contribution in [2.24, 2.45) is 0 Å². The summed E-state index contributed by atoms with van der Waals surface area (Å²) < 4.78 is 10.6. The van der Waals surface area contributed by atoms with Crippen molar-refractivity contribution in [2.75, 3.05) is 13.2 Å². The number of carboxylic acid groups (broad SMARTS) is 2. The number of ether oxygens (including phenoxy) is 2. The van der Waals surface area contributed by atoms with Gasteiger partial charge in [-0.05, 0) is 37.7 Å². The summed E-state index contributed by atoms with van der Waals surface area (Å²) in [7, 11) is 0. The fraction of sp³-hybridized carbons (Fsp3) is 0.357. The molecule has 0 spiro atoms. The summed E-state index contributed by atoms with van der Waals surface area (Å²) in [5, 5.41) is 16.7. The van der Waals surface area contributed by atoms with E-state index in [0.717, 1.165) is 4.47 Å². The van der Waals surface area contributed by atoms with Gasteiger partial charge in [-0.2, -0.15) is 0 Å². The Labute approximate surface area is 266 Å². The smallest absolute Gasteiger partial charge is 0.652 e. The summed E-state index contributed by atoms with van der Waals surface area (Å²) in [4.78, 5) is 32.0. The summed E-state index contributed by atoms with van der Waals surface area (Å²) in [6.45, 7) is 3.84. The minimum Gasteiger partial charge on any atom is -0.652 e. The molecule has 0 aliphatic carbocycles. The molecule has 0 N–H and O–H groups in total. The Balaban J connectivity index is -0.000000661. The van der Waals surface area contributed by atoms with Crippen molar-refractivity contribution in [3.63, 3.8) is 0 Å². The standard InChI is InChI=1S/C13H15BrO4.CH2O3.2Cs/c1-3-17-12(15)11(13(16)18-4-2)9-6-5-7-10(14)8-9;2-1(3)4;;/h5-8,11H,3-4H2,1-2H3;(H2,2,3,4);;/q;;2*+1/p-2. The molecule has 1 aromatic rings. The van der Waals surface area contributed by atoms with Crippen molar-refractivity contribution in [2.45, 2.75) is 19.8 Å². The summed E-state index contributed by atoms with van der Waals surface area (Å²) >= 11 is 3.30. The molecule has 10 heteroatoms. The van der Waals surface area contributed by atoms with Gasteiger partial charge in [0.15, 0.2) is 5.92 Å². The molecule has 0 aliphatic rings. The molecule has 0 amide bonds. The topological polar surface area (TPSA) is 116 Å². The Bertz CT molecular complexity index is 504. The minimum atomic E-state index is -2.33. The minimum absolute atomic E-state index is 0. The van der Waals surface area contributed by atoms with Crippen molar-refractivity contribution < 1.29 is 172 Å². The average Bonchev–Trinajstić information content (AvgIpc) is 2.39. The van der Waals surface area contributed by atoms with Gasteiger partial charge in [-0.3, -0.25) is 9.59 Å². The monoisotopic (exact) mass is 640 g/mol. The first-order valence-electron chi connectivity index (χ1n) is 6.30. The van der Waals surface area contributed by atoms with E-state index in [2.05, 4.69) is 15.9 Å². The number of hydrogen-bond acceptors (Lipinski definition) is 7. The zero-order valence-corrected chi connectivity index (χ0v) is 28.2. The van der Waals surface area contributed by atoms with Gasteiger partial charge in [0, 0.05) is 4.47 Å². The number of rotatable bonds is 5. The van der Waals surface area contributed by atoms with Crippen LogP contribution in [0.1, 0.15) is 25.3 Å². The molecule has 24 heavy (non-hydrogen) atoms. The van der Waals surface area contributed by atoms with Crippen LogP contribution < -0.4 is 148 Å². The maximum atomic E-state index is 11.8. The number of benzene rings is 1. The fourth-order valence-electron chi connectivity index (χ4n) is 1.51. The average molecular weight is 641 g/mol. The Kier molecular flexibility index (Phi) is 23.5. The number of carbonyl (C=O) groups is 3. The maximum absolute atomic E-state index is 11.8. The number of halogens is 1. The van der Waals surface area contributed by atoms with Gasteiger partial charge in [0.2, 0.25) is 0 Å². The molecule has 0 fully saturated rings. The van der Waals surface area contributed by atoms with E-state index in [1.165, 1.54) is 0 Å². The zero-order chi connectivity index (χ0) is 17.1. The van der Waals surface area contributed by atoms with Crippen LogP contribution in [0.4, 0.5) is 4.79 Å². The van der Waals surface area contributed by atoms with Crippen LogP contribution >= 0.6 is 15.9 Å². The Morgan fingerprint density at radius 2 is 1.46 bits per heavy atom. The van der Waals surface area contributed by atoms with Gasteiger partial charge in [-0.25, -0.2) is 0 Å². The van der Waals surface area contributed by atoms with Crippen molar-refractivity contribution in [3.8, 4) is 0 Å². The summed E-state index contributed by atoms with van der Waals surface area (Å²) in [5.74, 6) is -2.20. The van der Waals surface area contributed by atoms with Gasteiger partial charge >= 0.3 is 150 Å². The number of carbonyl (C=O) groups excluding carboxylic acids is 3. The molecule has 0 saturated carbocycles. The molecule has 0 bridgehead atoms. The fourth-order valence-corrected chi connectivity index (χ4v) is 1.92. The van der Waals surface area contributed by atoms with Crippen molar-refractivity contribution in [1.82, 2.24) is 0 Å². The molecule has 0 atom stereocenters. The second kappa shape index (κ2) is 18.4. The largest absolute Gasteiger partial charge is 1.00 e. The van der Waals surface area contributed by atoms with Gasteiger partial charge in [0.05, 0.1) is 13.2 Å². The molecule has 0 aliphatic heterocycles. The molecular weight excluding hydrogens is 626 g/mol. The van der Waals surface area contributed by atoms with Gasteiger partial charge in [0.25, 0.3) is 0 Å². The van der Waals surface area contributed by atoms with E-state index in [4.69, 9.17) is 24.5 Å². The molecule has 0 unspecified atom stereocenters. The van der Waals surface area contributed by atoms with E-state index in [9.17, 15) is 9.59 Å². The van der Waals surface area contributed by atoms with Crippen molar-refractivity contribution in [1.29, 1.82) is 0 Å². The summed E-state index contributed by atoms with van der Waals surface area (Å²) in [6, 6.07) is 6.98. The molecule has 0 saturated heterocycles. The van der Waals surface area contributed by atoms with Crippen LogP contribution in [0.3, 0.4) is 0 Å². The third kappa shape index (κ3) is 14.1. The molecular formula is C14H15BrCs2O7. The normalized spacial score (nSPS) is 8.67. The number of esters is 2. The van der Waals surface area contributed by atoms with Crippen LogP contribution in [0.5, 0.6) is 0 Å². The predicted octanol–water partition coefficient (Wildman–Crippen LogP) is -5.78. The second-order valence-corrected chi connectivity index (χ2v) is 4.66. The first-order chi connectivity index (χ1) is 10.3. The molecule has 1 aromatic carbocycles. The van der Waals surface area contributed by atoms with Crippen LogP contribution in [0.2, 0.25) is 0 Å². The van der Waals surface area contributed by atoms with Gasteiger partial charge in [-0.1, -0.05) is 28.1 Å². The summed E-state index contributed by atoms with van der Waals surface area (Å²) in [5.41, 5.74) is 0.557. The van der Waals surface area contributed by atoms with Crippen LogP contribution in [-0.2, 0) is 19.1 Å². The van der Waals surface area contributed by atoms with Crippen LogP contribution in [0.25, 0.3) is 0 Å². The Morgan fingerprint density at radius 3 is 1.79 bits per heavy atom. The van der Waals surface area contributed by atoms with Gasteiger partial charge in [-0.15, -0.1) is 0 Å². The van der Waals surface area contributed by atoms with E-state index >= 15 is 0 Å². The first kappa shape index (κ1) is 30.7. The van der Waals surface area contributed by atoms with Crippen LogP contribution in [0, 0.1) is 0 Å². The molecule has 0 aromatic heterocycles. The van der Waals surface area contributed by atoms with Crippen molar-refractivity contribution >= 4 is 34.0 Å². The molecule has 7 nitrogen and oxygen atoms in total. The molecule has 122 valence electrons. The quantitative estimate of drug-likeness (QED) is 0.233. The van der Waals surface area contributed by atoms with Crippen LogP contribution in [-0.4, -0.2) is 31.3 Å². The molecule has 0 heterocycles. The Hall–Kier alpha value is 2.01. The SMILES string of the molecule is CCOC(=O)C(C(=O)OCC)c1cccc(Br)c1.O=C([O-])[O-].[Cs+].[Cs+]. The molecule has 1 rings (SSSR count).